The van der Waals surface area contributed by atoms with Crippen molar-refractivity contribution in [1.29, 1.82) is 0 Å². The van der Waals surface area contributed by atoms with Crippen LogP contribution in [0.3, 0.4) is 0 Å². The highest BCUT2D eigenvalue weighted by Crippen LogP contribution is 2.70. The van der Waals surface area contributed by atoms with Crippen molar-refractivity contribution in [3.8, 4) is 0 Å². The minimum absolute atomic E-state index is 0.294. The quantitative estimate of drug-likeness (QED) is 0.287. The first-order chi connectivity index (χ1) is 17.0. The van der Waals surface area contributed by atoms with E-state index < -0.39 is 46.3 Å². The van der Waals surface area contributed by atoms with Crippen molar-refractivity contribution in [3.05, 3.63) is 53.6 Å². The third-order valence-corrected chi connectivity index (χ3v) is 10.6. The van der Waals surface area contributed by atoms with E-state index in [-0.39, 0.29) is 11.8 Å². The summed E-state index contributed by atoms with van der Waals surface area (Å²) in [7, 11) is 0. The summed E-state index contributed by atoms with van der Waals surface area (Å²) in [6.07, 6.45) is 6.84. The number of carbonyl (C=O) groups excluding carboxylic acids is 1. The van der Waals surface area contributed by atoms with Gasteiger partial charge in [-0.25, -0.2) is 4.79 Å². The Morgan fingerprint density at radius 2 is 1.86 bits per heavy atom. The fourth-order valence-electron chi connectivity index (χ4n) is 8.50. The fraction of sp³-hybridized carbons (Fsp3) is 0.633. The molecular weight excluding hydrogens is 456 g/mol. The summed E-state index contributed by atoms with van der Waals surface area (Å²) in [6.45, 7) is 5.73. The van der Waals surface area contributed by atoms with Gasteiger partial charge in [0, 0.05) is 17.4 Å². The zero-order valence-electron chi connectivity index (χ0n) is 21.6. The van der Waals surface area contributed by atoms with Crippen LogP contribution in [0, 0.1) is 22.7 Å². The maximum Gasteiger partial charge on any atom is 0.331 e. The summed E-state index contributed by atoms with van der Waals surface area (Å²) in [4.78, 5) is 13.1. The van der Waals surface area contributed by atoms with Crippen molar-refractivity contribution in [2.24, 2.45) is 22.7 Å². The molecule has 3 saturated carbocycles. The van der Waals surface area contributed by atoms with Crippen LogP contribution >= 0.6 is 0 Å². The van der Waals surface area contributed by atoms with Gasteiger partial charge < -0.3 is 25.2 Å². The third-order valence-electron chi connectivity index (χ3n) is 10.6. The lowest BCUT2D eigenvalue weighted by Crippen LogP contribution is -2.75. The van der Waals surface area contributed by atoms with Crippen LogP contribution in [-0.2, 0) is 9.53 Å². The zero-order chi connectivity index (χ0) is 25.9. The van der Waals surface area contributed by atoms with Gasteiger partial charge in [0.1, 0.15) is 17.3 Å². The smallest absolute Gasteiger partial charge is 0.331 e. The van der Waals surface area contributed by atoms with Gasteiger partial charge in [0.25, 0.3) is 0 Å². The molecule has 1 aromatic rings. The molecule has 9 atom stereocenters. The maximum atomic E-state index is 13.1. The zero-order valence-corrected chi connectivity index (χ0v) is 21.6. The Morgan fingerprint density at radius 1 is 1.14 bits per heavy atom. The van der Waals surface area contributed by atoms with Crippen molar-refractivity contribution >= 4 is 12.0 Å². The third kappa shape index (κ3) is 3.56. The van der Waals surface area contributed by atoms with Gasteiger partial charge in [-0.1, -0.05) is 55.8 Å². The Balaban J connectivity index is 1.54. The number of hydrogen-bond donors (Lipinski definition) is 4. The summed E-state index contributed by atoms with van der Waals surface area (Å²) in [5.41, 5.74) is -2.35. The second-order valence-corrected chi connectivity index (χ2v) is 12.2. The summed E-state index contributed by atoms with van der Waals surface area (Å²) >= 11 is 0. The van der Waals surface area contributed by atoms with Crippen LogP contribution in [0.15, 0.2) is 48.1 Å². The standard InChI is InChI=1S/C30H40O6/c1-19(31)23-13-16-30(35)28(23,3)25(36-26(33)10-9-20-7-5-4-6-8-20)18-24-27(2)14-12-22(32)17-21(27)11-15-29(24,30)34/h4-11,19,22-25,31-32,34-35H,12-18H2,1-3H3/t19-,22-,23-,24+,25-,27-,28-,29-,30+/m0/s1. The van der Waals surface area contributed by atoms with Gasteiger partial charge in [-0.2, -0.15) is 0 Å². The Hall–Kier alpha value is -1.99. The molecule has 6 heteroatoms. The Bertz CT molecular complexity index is 1060. The molecule has 0 amide bonds. The minimum Gasteiger partial charge on any atom is -0.458 e. The Labute approximate surface area is 213 Å². The second-order valence-electron chi connectivity index (χ2n) is 12.2. The number of benzene rings is 1. The number of ether oxygens (including phenoxy) is 1. The molecule has 4 aliphatic carbocycles. The molecule has 4 N–H and O–H groups in total. The molecule has 4 aliphatic rings. The maximum absolute atomic E-state index is 13.1. The van der Waals surface area contributed by atoms with E-state index in [1.54, 1.807) is 13.0 Å². The van der Waals surface area contributed by atoms with E-state index in [0.29, 0.717) is 44.9 Å². The average molecular weight is 497 g/mol. The molecule has 1 aromatic carbocycles. The van der Waals surface area contributed by atoms with Crippen LogP contribution in [0.5, 0.6) is 0 Å². The van der Waals surface area contributed by atoms with E-state index in [4.69, 9.17) is 4.74 Å². The predicted octanol–water partition coefficient (Wildman–Crippen LogP) is 3.77. The SMILES string of the molecule is C[C@H](O)[C@@H]1CC[C@@]2(O)[C@]1(C)[C@@H](OC(=O)C=Cc1ccccc1)C[C@@H]1[C@@]3(C)CC[C@H](O)CC3=CC[C@]12O. The number of aliphatic hydroxyl groups excluding tert-OH is 2. The van der Waals surface area contributed by atoms with E-state index in [9.17, 15) is 25.2 Å². The van der Waals surface area contributed by atoms with Crippen molar-refractivity contribution in [2.45, 2.75) is 95.2 Å². The number of aliphatic hydroxyl groups is 4. The molecule has 0 aliphatic heterocycles. The van der Waals surface area contributed by atoms with Crippen molar-refractivity contribution in [1.82, 2.24) is 0 Å². The first kappa shape index (κ1) is 25.7. The molecule has 5 rings (SSSR count). The Morgan fingerprint density at radius 3 is 2.56 bits per heavy atom. The lowest BCUT2D eigenvalue weighted by Gasteiger charge is -2.66. The average Bonchev–Trinajstić information content (AvgIpc) is 3.14. The molecule has 0 unspecified atom stereocenters. The van der Waals surface area contributed by atoms with Gasteiger partial charge in [0.05, 0.1) is 12.2 Å². The van der Waals surface area contributed by atoms with Crippen LogP contribution in [0.25, 0.3) is 6.08 Å². The number of carbonyl (C=O) groups is 1. The first-order valence-electron chi connectivity index (χ1n) is 13.4. The number of rotatable bonds is 4. The van der Waals surface area contributed by atoms with E-state index in [1.165, 1.54) is 6.08 Å². The lowest BCUT2D eigenvalue weighted by atomic mass is 9.42. The topological polar surface area (TPSA) is 107 Å². The van der Waals surface area contributed by atoms with E-state index in [2.05, 4.69) is 6.92 Å². The number of fused-ring (bicyclic) bond motifs is 5. The first-order valence-corrected chi connectivity index (χ1v) is 13.4. The summed E-state index contributed by atoms with van der Waals surface area (Å²) < 4.78 is 6.14. The normalized spacial score (nSPS) is 44.8. The van der Waals surface area contributed by atoms with E-state index in [1.807, 2.05) is 43.3 Å². The minimum atomic E-state index is -1.53. The van der Waals surface area contributed by atoms with Gasteiger partial charge >= 0.3 is 5.97 Å². The fourth-order valence-corrected chi connectivity index (χ4v) is 8.50. The highest BCUT2D eigenvalue weighted by atomic mass is 16.5. The molecule has 0 bridgehead atoms. The molecular formula is C30H40O6. The van der Waals surface area contributed by atoms with Crippen LogP contribution in [0.1, 0.15) is 71.3 Å². The van der Waals surface area contributed by atoms with Gasteiger partial charge in [0.2, 0.25) is 0 Å². The van der Waals surface area contributed by atoms with Gasteiger partial charge in [-0.3, -0.25) is 0 Å². The summed E-state index contributed by atoms with van der Waals surface area (Å²) in [6, 6.07) is 9.51. The molecule has 36 heavy (non-hydrogen) atoms. The van der Waals surface area contributed by atoms with Crippen LogP contribution < -0.4 is 0 Å². The second kappa shape index (κ2) is 8.80. The van der Waals surface area contributed by atoms with Gasteiger partial charge in [-0.05, 0) is 74.8 Å². The number of hydrogen-bond acceptors (Lipinski definition) is 6. The number of esters is 1. The highest BCUT2D eigenvalue weighted by Gasteiger charge is 2.77. The summed E-state index contributed by atoms with van der Waals surface area (Å²) in [5.74, 6) is -1.15. The molecule has 196 valence electrons. The van der Waals surface area contributed by atoms with Crippen LogP contribution in [-0.4, -0.2) is 55.9 Å². The predicted molar refractivity (Wildman–Crippen MR) is 137 cm³/mol. The monoisotopic (exact) mass is 496 g/mol. The van der Waals surface area contributed by atoms with Crippen molar-refractivity contribution < 1.29 is 30.0 Å². The molecule has 0 saturated heterocycles. The molecule has 3 fully saturated rings. The molecule has 0 spiro atoms. The molecule has 0 aromatic heterocycles. The summed E-state index contributed by atoms with van der Waals surface area (Å²) in [5, 5.41) is 45.9. The highest BCUT2D eigenvalue weighted by molar-refractivity contribution is 5.87. The van der Waals surface area contributed by atoms with Crippen molar-refractivity contribution in [3.63, 3.8) is 0 Å². The van der Waals surface area contributed by atoms with Crippen molar-refractivity contribution in [2.75, 3.05) is 0 Å². The largest absolute Gasteiger partial charge is 0.458 e. The molecule has 0 radical (unpaired) electrons. The van der Waals surface area contributed by atoms with Gasteiger partial charge in [0.15, 0.2) is 0 Å². The van der Waals surface area contributed by atoms with E-state index >= 15 is 0 Å². The molecule has 0 heterocycles. The van der Waals surface area contributed by atoms with Crippen LogP contribution in [0.2, 0.25) is 0 Å². The Kier molecular flexibility index (Phi) is 6.27. The molecule has 6 nitrogen and oxygen atoms in total. The van der Waals surface area contributed by atoms with Crippen LogP contribution in [0.4, 0.5) is 0 Å². The lowest BCUT2D eigenvalue weighted by molar-refractivity contribution is -0.304. The van der Waals surface area contributed by atoms with Gasteiger partial charge in [-0.15, -0.1) is 0 Å². The van der Waals surface area contributed by atoms with E-state index in [0.717, 1.165) is 11.1 Å².